The van der Waals surface area contributed by atoms with Crippen LogP contribution in [0.25, 0.3) is 11.1 Å². The zero-order valence-corrected chi connectivity index (χ0v) is 14.2. The maximum atomic E-state index is 2.37. The summed E-state index contributed by atoms with van der Waals surface area (Å²) in [5.74, 6) is 0. The molecule has 1 heteroatoms. The van der Waals surface area contributed by atoms with E-state index in [4.69, 9.17) is 0 Å². The summed E-state index contributed by atoms with van der Waals surface area (Å²) in [6.45, 7) is 0. The molecule has 0 heterocycles. The summed E-state index contributed by atoms with van der Waals surface area (Å²) in [5.41, 5.74) is 6.11. The molecule has 0 atom stereocenters. The Hall–Kier alpha value is -1.21. The van der Waals surface area contributed by atoms with Gasteiger partial charge >= 0.3 is 125 Å². The van der Waals surface area contributed by atoms with Gasteiger partial charge in [0.15, 0.2) is 0 Å². The van der Waals surface area contributed by atoms with Gasteiger partial charge in [0.2, 0.25) is 0 Å². The Labute approximate surface area is 125 Å². The maximum absolute atomic E-state index is 2.37. The van der Waals surface area contributed by atoms with Crippen molar-refractivity contribution in [2.24, 2.45) is 0 Å². The standard InChI is InChI=1S/C13H9.C5H5.Hf/c1-3-7-12-10(5-1)9-11-6-2-4-8-13(11)12;1-2-4-5-3-1;/h1-9H;1-3H,4H2;. The van der Waals surface area contributed by atoms with Crippen molar-refractivity contribution in [1.82, 2.24) is 0 Å². The van der Waals surface area contributed by atoms with Gasteiger partial charge in [-0.25, -0.2) is 0 Å². The first-order valence-corrected chi connectivity index (χ1v) is 10.6. The second kappa shape index (κ2) is 4.72. The molecule has 90 valence electrons. The molecule has 0 fully saturated rings. The van der Waals surface area contributed by atoms with Gasteiger partial charge in [-0.3, -0.25) is 0 Å². The third-order valence-corrected chi connectivity index (χ3v) is 9.87. The van der Waals surface area contributed by atoms with Crippen LogP contribution in [0.5, 0.6) is 0 Å². The molecule has 0 N–H and O–H groups in total. The van der Waals surface area contributed by atoms with Crippen molar-refractivity contribution in [2.75, 3.05) is 0 Å². The first-order valence-electron chi connectivity index (χ1n) is 6.74. The van der Waals surface area contributed by atoms with E-state index < -0.39 is 22.9 Å². The number of fused-ring (bicyclic) bond motifs is 3. The summed E-state index contributed by atoms with van der Waals surface area (Å²) in [6.07, 6.45) is 8.11. The summed E-state index contributed by atoms with van der Waals surface area (Å²) in [5, 5.41) is 0. The van der Waals surface area contributed by atoms with Crippen LogP contribution < -0.4 is 0 Å². The molecule has 0 amide bonds. The Balaban J connectivity index is 1.82. The molecule has 2 aliphatic rings. The van der Waals surface area contributed by atoms with Gasteiger partial charge in [-0.1, -0.05) is 0 Å². The molecule has 0 radical (unpaired) electrons. The van der Waals surface area contributed by atoms with Crippen LogP contribution in [0.2, 0.25) is 0 Å². The number of hydrogen-bond donors (Lipinski definition) is 0. The summed E-state index contributed by atoms with van der Waals surface area (Å²) in [7, 11) is 0. The molecule has 0 aromatic heterocycles. The predicted octanol–water partition coefficient (Wildman–Crippen LogP) is 4.68. The molecule has 0 aliphatic heterocycles. The molecule has 0 bridgehead atoms. The Kier molecular flexibility index (Phi) is 2.88. The van der Waals surface area contributed by atoms with Crippen molar-refractivity contribution in [3.05, 3.63) is 81.2 Å². The van der Waals surface area contributed by atoms with Gasteiger partial charge in [0.1, 0.15) is 0 Å². The normalized spacial score (nSPS) is 16.1. The summed E-state index contributed by atoms with van der Waals surface area (Å²) < 4.78 is 2.48. The van der Waals surface area contributed by atoms with Crippen LogP contribution >= 0.6 is 0 Å². The Morgan fingerprint density at radius 1 is 0.842 bits per heavy atom. The van der Waals surface area contributed by atoms with Crippen molar-refractivity contribution in [2.45, 2.75) is 10.1 Å². The summed E-state index contributed by atoms with van der Waals surface area (Å²) >= 11 is -0.818. The molecule has 2 aliphatic carbocycles. The van der Waals surface area contributed by atoms with Crippen molar-refractivity contribution in [1.29, 1.82) is 0 Å². The van der Waals surface area contributed by atoms with Gasteiger partial charge in [0, 0.05) is 0 Å². The second-order valence-corrected chi connectivity index (χ2v) is 10.5. The van der Waals surface area contributed by atoms with Gasteiger partial charge in [-0.15, -0.1) is 0 Å². The second-order valence-electron chi connectivity index (χ2n) is 5.08. The average molecular weight is 409 g/mol. The van der Waals surface area contributed by atoms with Crippen molar-refractivity contribution in [3.8, 4) is 11.1 Å². The number of allylic oxidation sites excluding steroid dienone is 4. The topological polar surface area (TPSA) is 0 Å². The summed E-state index contributed by atoms with van der Waals surface area (Å²) in [4.78, 5) is 0. The molecule has 19 heavy (non-hydrogen) atoms. The molecule has 4 rings (SSSR count). The predicted molar refractivity (Wildman–Crippen MR) is 75.6 cm³/mol. The van der Waals surface area contributed by atoms with Crippen molar-refractivity contribution in [3.63, 3.8) is 0 Å². The van der Waals surface area contributed by atoms with Gasteiger partial charge < -0.3 is 0 Å². The zero-order valence-electron chi connectivity index (χ0n) is 10.6. The third-order valence-electron chi connectivity index (χ3n) is 3.93. The van der Waals surface area contributed by atoms with Crippen molar-refractivity contribution < 1.29 is 22.9 Å². The molecule has 0 saturated heterocycles. The Morgan fingerprint density at radius 3 is 2.05 bits per heavy atom. The molecular formula is C18H14Hf. The molecule has 0 nitrogen and oxygen atoms in total. The van der Waals surface area contributed by atoms with Crippen LogP contribution in [0, 0.1) is 0 Å². The molecule has 2 aromatic rings. The van der Waals surface area contributed by atoms with E-state index in [1.807, 2.05) is 0 Å². The van der Waals surface area contributed by atoms with Gasteiger partial charge in [0.25, 0.3) is 0 Å². The monoisotopic (exact) mass is 410 g/mol. The first-order chi connectivity index (χ1) is 9.43. The minimum atomic E-state index is -0.818. The molecule has 0 spiro atoms. The molecule has 0 saturated carbocycles. The van der Waals surface area contributed by atoms with E-state index in [9.17, 15) is 0 Å². The van der Waals surface area contributed by atoms with Gasteiger partial charge in [-0.2, -0.15) is 0 Å². The van der Waals surface area contributed by atoms with E-state index in [0.29, 0.717) is 0 Å². The van der Waals surface area contributed by atoms with E-state index in [-0.39, 0.29) is 0 Å². The van der Waals surface area contributed by atoms with Crippen LogP contribution in [0.4, 0.5) is 0 Å². The molecular weight excluding hydrogens is 395 g/mol. The van der Waals surface area contributed by atoms with Gasteiger partial charge in [-0.05, 0) is 0 Å². The molecule has 0 unspecified atom stereocenters. The zero-order chi connectivity index (χ0) is 12.7. The SMILES string of the molecule is C1=CC[C]([Hf][CH]2c3ccccc3-c3ccccc32)=C1. The van der Waals surface area contributed by atoms with Crippen molar-refractivity contribution >= 4 is 0 Å². The fourth-order valence-corrected chi connectivity index (χ4v) is 8.85. The Morgan fingerprint density at radius 2 is 1.47 bits per heavy atom. The summed E-state index contributed by atoms with van der Waals surface area (Å²) in [6, 6.07) is 18.0. The van der Waals surface area contributed by atoms with Crippen LogP contribution in [0.15, 0.2) is 70.1 Å². The van der Waals surface area contributed by atoms with Gasteiger partial charge in [0.05, 0.1) is 0 Å². The number of benzene rings is 2. The molecule has 2 aromatic carbocycles. The van der Waals surface area contributed by atoms with E-state index in [1.165, 1.54) is 17.5 Å². The fourth-order valence-electron chi connectivity index (χ4n) is 3.05. The fraction of sp³-hybridized carbons (Fsp3) is 0.111. The first kappa shape index (κ1) is 11.6. The minimum absolute atomic E-state index is 0.735. The number of rotatable bonds is 2. The van der Waals surface area contributed by atoms with E-state index in [0.717, 1.165) is 3.67 Å². The van der Waals surface area contributed by atoms with Crippen LogP contribution in [-0.4, -0.2) is 0 Å². The van der Waals surface area contributed by atoms with Crippen LogP contribution in [0.1, 0.15) is 21.2 Å². The number of hydrogen-bond acceptors (Lipinski definition) is 0. The quantitative estimate of drug-likeness (QED) is 0.633. The van der Waals surface area contributed by atoms with E-state index >= 15 is 0 Å². The van der Waals surface area contributed by atoms with E-state index in [2.05, 4.69) is 66.8 Å². The van der Waals surface area contributed by atoms with Crippen LogP contribution in [0.3, 0.4) is 0 Å². The van der Waals surface area contributed by atoms with E-state index in [1.54, 1.807) is 14.5 Å². The average Bonchev–Trinajstić information content (AvgIpc) is 3.08. The Bertz CT molecular complexity index is 649. The van der Waals surface area contributed by atoms with Crippen LogP contribution in [-0.2, 0) is 22.9 Å². The third kappa shape index (κ3) is 1.92.